The van der Waals surface area contributed by atoms with E-state index in [1.807, 2.05) is 0 Å². The second-order valence-corrected chi connectivity index (χ2v) is 7.94. The Morgan fingerprint density at radius 1 is 1.19 bits per heavy atom. The molecule has 0 heterocycles. The van der Waals surface area contributed by atoms with Crippen LogP contribution >= 0.6 is 0 Å². The van der Waals surface area contributed by atoms with Crippen molar-refractivity contribution in [3.05, 3.63) is 0 Å². The van der Waals surface area contributed by atoms with E-state index < -0.39 is 9.84 Å². The van der Waals surface area contributed by atoms with Gasteiger partial charge in [-0.15, -0.1) is 0 Å². The molecule has 1 aliphatic rings. The van der Waals surface area contributed by atoms with Crippen molar-refractivity contribution in [3.63, 3.8) is 0 Å². The van der Waals surface area contributed by atoms with Crippen LogP contribution in [-0.4, -0.2) is 25.5 Å². The van der Waals surface area contributed by atoms with E-state index in [-0.39, 0.29) is 11.3 Å². The maximum atomic E-state index is 11.7. The second-order valence-electron chi connectivity index (χ2n) is 5.27. The lowest BCUT2D eigenvalue weighted by Gasteiger charge is -2.21. The minimum Gasteiger partial charge on any atom is -0.327 e. The summed E-state index contributed by atoms with van der Waals surface area (Å²) in [6.45, 7) is 3.50. The first kappa shape index (κ1) is 14.0. The molecule has 0 radical (unpaired) electrons. The van der Waals surface area contributed by atoms with Gasteiger partial charge in [-0.25, -0.2) is 8.42 Å². The summed E-state index contributed by atoms with van der Waals surface area (Å²) < 4.78 is 23.4. The van der Waals surface area contributed by atoms with Gasteiger partial charge in [0.2, 0.25) is 0 Å². The predicted octanol–water partition coefficient (Wildman–Crippen LogP) is 2.11. The summed E-state index contributed by atoms with van der Waals surface area (Å²) in [6.07, 6.45) is 6.58. The van der Waals surface area contributed by atoms with Crippen LogP contribution in [0.2, 0.25) is 0 Å². The molecule has 0 saturated heterocycles. The van der Waals surface area contributed by atoms with Gasteiger partial charge >= 0.3 is 0 Å². The monoisotopic (exact) mass is 247 g/mol. The number of rotatable bonds is 4. The van der Waals surface area contributed by atoms with E-state index in [2.05, 4.69) is 0 Å². The molecule has 1 rings (SSSR count). The maximum Gasteiger partial charge on any atom is 0.152 e. The van der Waals surface area contributed by atoms with E-state index in [1.165, 1.54) is 19.3 Å². The Morgan fingerprint density at radius 3 is 2.44 bits per heavy atom. The molecular weight excluding hydrogens is 222 g/mol. The van der Waals surface area contributed by atoms with Crippen molar-refractivity contribution in [2.75, 3.05) is 5.75 Å². The van der Waals surface area contributed by atoms with Gasteiger partial charge in [-0.3, -0.25) is 0 Å². The molecule has 16 heavy (non-hydrogen) atoms. The molecule has 3 nitrogen and oxygen atoms in total. The first-order valence-corrected chi connectivity index (χ1v) is 8.12. The molecule has 2 N–H and O–H groups in total. The van der Waals surface area contributed by atoms with E-state index in [0.29, 0.717) is 11.7 Å². The van der Waals surface area contributed by atoms with E-state index in [1.54, 1.807) is 13.8 Å². The molecule has 1 fully saturated rings. The van der Waals surface area contributed by atoms with Gasteiger partial charge in [-0.05, 0) is 39.0 Å². The van der Waals surface area contributed by atoms with Crippen molar-refractivity contribution in [1.29, 1.82) is 0 Å². The van der Waals surface area contributed by atoms with Gasteiger partial charge in [0.25, 0.3) is 0 Å². The Hall–Kier alpha value is -0.0900. The average Bonchev–Trinajstić information content (AvgIpc) is 2.40. The zero-order chi connectivity index (χ0) is 12.2. The van der Waals surface area contributed by atoms with Crippen molar-refractivity contribution in [3.8, 4) is 0 Å². The third kappa shape index (κ3) is 4.06. The SMILES string of the molecule is CC(C)S(=O)(=O)CCC1CCCCCC1N. The summed E-state index contributed by atoms with van der Waals surface area (Å²) >= 11 is 0. The van der Waals surface area contributed by atoms with E-state index in [0.717, 1.165) is 19.3 Å². The van der Waals surface area contributed by atoms with E-state index >= 15 is 0 Å². The maximum absolute atomic E-state index is 11.7. The fraction of sp³-hybridized carbons (Fsp3) is 1.00. The molecule has 2 atom stereocenters. The van der Waals surface area contributed by atoms with Gasteiger partial charge in [0, 0.05) is 6.04 Å². The van der Waals surface area contributed by atoms with Crippen molar-refractivity contribution >= 4 is 9.84 Å². The van der Waals surface area contributed by atoms with Crippen molar-refractivity contribution in [1.82, 2.24) is 0 Å². The Kier molecular flexibility index (Phi) is 5.25. The summed E-state index contributed by atoms with van der Waals surface area (Å²) in [5.74, 6) is 0.722. The molecule has 1 saturated carbocycles. The number of sulfone groups is 1. The molecule has 0 aliphatic heterocycles. The Bertz CT molecular complexity index is 298. The smallest absolute Gasteiger partial charge is 0.152 e. The summed E-state index contributed by atoms with van der Waals surface area (Å²) in [7, 11) is -2.89. The fourth-order valence-corrected chi connectivity index (χ4v) is 3.43. The molecule has 0 aromatic carbocycles. The Morgan fingerprint density at radius 2 is 1.81 bits per heavy atom. The normalized spacial score (nSPS) is 28.0. The van der Waals surface area contributed by atoms with Crippen LogP contribution in [-0.2, 0) is 9.84 Å². The number of hydrogen-bond acceptors (Lipinski definition) is 3. The summed E-state index contributed by atoms with van der Waals surface area (Å²) in [4.78, 5) is 0. The first-order chi connectivity index (χ1) is 7.43. The molecular formula is C12H25NO2S. The molecule has 0 aromatic rings. The molecule has 0 spiro atoms. The molecule has 96 valence electrons. The number of hydrogen-bond donors (Lipinski definition) is 1. The molecule has 4 heteroatoms. The van der Waals surface area contributed by atoms with Crippen molar-refractivity contribution in [2.24, 2.45) is 11.7 Å². The van der Waals surface area contributed by atoms with Crippen molar-refractivity contribution < 1.29 is 8.42 Å². The van der Waals surface area contributed by atoms with Crippen LogP contribution < -0.4 is 5.73 Å². The van der Waals surface area contributed by atoms with Crippen molar-refractivity contribution in [2.45, 2.75) is 63.7 Å². The first-order valence-electron chi connectivity index (χ1n) is 6.40. The van der Waals surface area contributed by atoms with Gasteiger partial charge in [-0.2, -0.15) is 0 Å². The van der Waals surface area contributed by atoms with Crippen LogP contribution in [0.5, 0.6) is 0 Å². The lowest BCUT2D eigenvalue weighted by Crippen LogP contribution is -2.31. The average molecular weight is 247 g/mol. The third-order valence-corrected chi connectivity index (χ3v) is 5.95. The van der Waals surface area contributed by atoms with Gasteiger partial charge in [0.05, 0.1) is 11.0 Å². The minimum atomic E-state index is -2.89. The van der Waals surface area contributed by atoms with E-state index in [4.69, 9.17) is 5.73 Å². The number of nitrogens with two attached hydrogens (primary N) is 1. The highest BCUT2D eigenvalue weighted by molar-refractivity contribution is 7.91. The van der Waals surface area contributed by atoms with Crippen LogP contribution in [0.15, 0.2) is 0 Å². The molecule has 2 unspecified atom stereocenters. The quantitative estimate of drug-likeness (QED) is 0.774. The fourth-order valence-electron chi connectivity index (χ4n) is 2.32. The lowest BCUT2D eigenvalue weighted by molar-refractivity contribution is 0.386. The molecule has 0 bridgehead atoms. The topological polar surface area (TPSA) is 60.2 Å². The van der Waals surface area contributed by atoms with Crippen LogP contribution in [0, 0.1) is 5.92 Å². The standard InChI is InChI=1S/C12H25NO2S/c1-10(2)16(14,15)9-8-11-6-4-3-5-7-12(11)13/h10-12H,3-9,13H2,1-2H3. The van der Waals surface area contributed by atoms with Gasteiger partial charge in [0.1, 0.15) is 0 Å². The second kappa shape index (κ2) is 6.01. The zero-order valence-electron chi connectivity index (χ0n) is 10.5. The summed E-state index contributed by atoms with van der Waals surface area (Å²) in [5, 5.41) is -0.255. The zero-order valence-corrected chi connectivity index (χ0v) is 11.3. The van der Waals surface area contributed by atoms with Gasteiger partial charge < -0.3 is 5.73 Å². The molecule has 0 amide bonds. The molecule has 1 aliphatic carbocycles. The minimum absolute atomic E-state index is 0.213. The van der Waals surface area contributed by atoms with Crippen LogP contribution in [0.3, 0.4) is 0 Å². The highest BCUT2D eigenvalue weighted by Crippen LogP contribution is 2.25. The van der Waals surface area contributed by atoms with Crippen LogP contribution in [0.1, 0.15) is 52.4 Å². The van der Waals surface area contributed by atoms with E-state index in [9.17, 15) is 8.42 Å². The highest BCUT2D eigenvalue weighted by atomic mass is 32.2. The van der Waals surface area contributed by atoms with Gasteiger partial charge in [0.15, 0.2) is 9.84 Å². The Balaban J connectivity index is 2.47. The lowest BCUT2D eigenvalue weighted by atomic mass is 9.93. The highest BCUT2D eigenvalue weighted by Gasteiger charge is 2.24. The summed E-state index contributed by atoms with van der Waals surface area (Å²) in [6, 6.07) is 0.213. The van der Waals surface area contributed by atoms with Gasteiger partial charge in [-0.1, -0.05) is 19.3 Å². The van der Waals surface area contributed by atoms with Crippen LogP contribution in [0.25, 0.3) is 0 Å². The summed E-state index contributed by atoms with van der Waals surface area (Å²) in [5.41, 5.74) is 6.09. The molecule has 0 aromatic heterocycles. The largest absolute Gasteiger partial charge is 0.327 e. The van der Waals surface area contributed by atoms with Crippen LogP contribution in [0.4, 0.5) is 0 Å². The third-order valence-electron chi connectivity index (χ3n) is 3.71. The Labute approximate surface area is 99.7 Å². The predicted molar refractivity (Wildman–Crippen MR) is 68.1 cm³/mol.